The highest BCUT2D eigenvalue weighted by molar-refractivity contribution is 5.89. The lowest BCUT2D eigenvalue weighted by Crippen LogP contribution is -2.16. The number of rotatable bonds is 7. The van der Waals surface area contributed by atoms with Gasteiger partial charge in [-0.2, -0.15) is 0 Å². The molecule has 1 aliphatic rings. The van der Waals surface area contributed by atoms with Crippen LogP contribution in [0.25, 0.3) is 11.3 Å². The zero-order valence-electron chi connectivity index (χ0n) is 15.4. The van der Waals surface area contributed by atoms with Crippen molar-refractivity contribution in [2.24, 2.45) is 0 Å². The van der Waals surface area contributed by atoms with Gasteiger partial charge in [0.15, 0.2) is 12.4 Å². The molecular weight excluding hydrogens is 358 g/mol. The number of hydrogen-bond donors (Lipinski definition) is 0. The third kappa shape index (κ3) is 4.58. The highest BCUT2D eigenvalue weighted by Gasteiger charge is 2.17. The van der Waals surface area contributed by atoms with E-state index >= 15 is 0 Å². The second-order valence-electron chi connectivity index (χ2n) is 6.53. The molecular formula is C22H21NO5. The summed E-state index contributed by atoms with van der Waals surface area (Å²) in [7, 11) is 0. The second kappa shape index (κ2) is 8.71. The third-order valence-electron chi connectivity index (χ3n) is 4.47. The highest BCUT2D eigenvalue weighted by Crippen LogP contribution is 2.21. The largest absolute Gasteiger partial charge is 0.491 e. The molecule has 0 radical (unpaired) electrons. The van der Waals surface area contributed by atoms with Gasteiger partial charge in [-0.1, -0.05) is 36.4 Å². The Morgan fingerprint density at radius 3 is 2.86 bits per heavy atom. The lowest BCUT2D eigenvalue weighted by Gasteiger charge is -2.12. The Bertz CT molecular complexity index is 915. The van der Waals surface area contributed by atoms with Crippen LogP contribution in [-0.4, -0.2) is 30.3 Å². The van der Waals surface area contributed by atoms with Crippen LogP contribution in [0.3, 0.4) is 0 Å². The number of benzene rings is 2. The minimum Gasteiger partial charge on any atom is -0.491 e. The number of esters is 1. The van der Waals surface area contributed by atoms with Crippen molar-refractivity contribution in [3.63, 3.8) is 0 Å². The number of ether oxygens (including phenoxy) is 3. The maximum atomic E-state index is 12.3. The molecule has 0 unspecified atom stereocenters. The lowest BCUT2D eigenvalue weighted by molar-refractivity contribution is 0.0438. The fourth-order valence-electron chi connectivity index (χ4n) is 3.00. The Hall–Kier alpha value is -3.12. The molecule has 6 nitrogen and oxygen atoms in total. The lowest BCUT2D eigenvalue weighted by atomic mass is 10.2. The van der Waals surface area contributed by atoms with Gasteiger partial charge in [0.25, 0.3) is 0 Å². The molecule has 1 aliphatic heterocycles. The Morgan fingerprint density at radius 2 is 2.04 bits per heavy atom. The van der Waals surface area contributed by atoms with Gasteiger partial charge in [0.05, 0.1) is 17.9 Å². The van der Waals surface area contributed by atoms with E-state index in [0.29, 0.717) is 29.6 Å². The van der Waals surface area contributed by atoms with E-state index in [1.165, 1.54) is 0 Å². The van der Waals surface area contributed by atoms with Crippen LogP contribution in [0.5, 0.6) is 5.75 Å². The summed E-state index contributed by atoms with van der Waals surface area (Å²) >= 11 is 0. The van der Waals surface area contributed by atoms with Crippen LogP contribution in [0.2, 0.25) is 0 Å². The zero-order valence-corrected chi connectivity index (χ0v) is 15.4. The molecule has 0 bridgehead atoms. The van der Waals surface area contributed by atoms with Gasteiger partial charge in [-0.05, 0) is 31.0 Å². The number of aromatic nitrogens is 1. The van der Waals surface area contributed by atoms with Gasteiger partial charge in [-0.3, -0.25) is 0 Å². The summed E-state index contributed by atoms with van der Waals surface area (Å²) in [4.78, 5) is 16.5. The highest BCUT2D eigenvalue weighted by atomic mass is 16.5. The van der Waals surface area contributed by atoms with Gasteiger partial charge < -0.3 is 18.6 Å². The van der Waals surface area contributed by atoms with Crippen LogP contribution in [0.1, 0.15) is 29.1 Å². The van der Waals surface area contributed by atoms with E-state index < -0.39 is 5.97 Å². The molecule has 2 aromatic carbocycles. The van der Waals surface area contributed by atoms with E-state index in [9.17, 15) is 4.79 Å². The van der Waals surface area contributed by atoms with Crippen molar-refractivity contribution >= 4 is 5.97 Å². The molecule has 144 valence electrons. The summed E-state index contributed by atoms with van der Waals surface area (Å²) in [6.45, 7) is 1.23. The summed E-state index contributed by atoms with van der Waals surface area (Å²) in [6.07, 6.45) is 3.81. The van der Waals surface area contributed by atoms with E-state index in [1.54, 1.807) is 24.4 Å². The van der Waals surface area contributed by atoms with Gasteiger partial charge in [0, 0.05) is 12.2 Å². The summed E-state index contributed by atoms with van der Waals surface area (Å²) in [5.41, 5.74) is 1.34. The fraction of sp³-hybridized carbons (Fsp3) is 0.273. The second-order valence-corrected chi connectivity index (χ2v) is 6.53. The zero-order chi connectivity index (χ0) is 19.2. The number of carbonyl (C=O) groups is 1. The molecule has 0 saturated carbocycles. The third-order valence-corrected chi connectivity index (χ3v) is 4.47. The first-order valence-electron chi connectivity index (χ1n) is 9.29. The standard InChI is InChI=1S/C22H21NO5/c24-22(17-8-4-9-18(12-17)26-14-19-10-5-11-25-19)27-15-21-23-13-20(28-21)16-6-2-1-3-7-16/h1-4,6-9,12-13,19H,5,10-11,14-15H2/t19-/m1/s1. The Labute approximate surface area is 163 Å². The van der Waals surface area contributed by atoms with Crippen LogP contribution in [0, 0.1) is 0 Å². The average molecular weight is 379 g/mol. The summed E-state index contributed by atoms with van der Waals surface area (Å²) in [5, 5.41) is 0. The molecule has 4 rings (SSSR count). The molecule has 0 N–H and O–H groups in total. The topological polar surface area (TPSA) is 70.8 Å². The minimum absolute atomic E-state index is 0.0351. The predicted molar refractivity (Wildman–Crippen MR) is 102 cm³/mol. The van der Waals surface area contributed by atoms with Crippen molar-refractivity contribution in [3.05, 3.63) is 72.2 Å². The molecule has 1 fully saturated rings. The Balaban J connectivity index is 1.32. The normalized spacial score (nSPS) is 16.1. The van der Waals surface area contributed by atoms with Crippen molar-refractivity contribution in [1.29, 1.82) is 0 Å². The first kappa shape index (κ1) is 18.3. The molecule has 28 heavy (non-hydrogen) atoms. The average Bonchev–Trinajstić information content (AvgIpc) is 3.43. The van der Waals surface area contributed by atoms with Gasteiger partial charge in [-0.25, -0.2) is 9.78 Å². The van der Waals surface area contributed by atoms with Crippen molar-refractivity contribution in [3.8, 4) is 17.1 Å². The van der Waals surface area contributed by atoms with Crippen molar-refractivity contribution in [2.45, 2.75) is 25.6 Å². The maximum Gasteiger partial charge on any atom is 0.338 e. The van der Waals surface area contributed by atoms with Crippen LogP contribution in [-0.2, 0) is 16.1 Å². The molecule has 3 aromatic rings. The summed E-state index contributed by atoms with van der Waals surface area (Å²) in [6, 6.07) is 16.6. The SMILES string of the molecule is O=C(OCc1ncc(-c2ccccc2)o1)c1cccc(OC[C@H]2CCCO2)c1. The van der Waals surface area contributed by atoms with Gasteiger partial charge >= 0.3 is 5.97 Å². The molecule has 1 saturated heterocycles. The number of hydrogen-bond acceptors (Lipinski definition) is 6. The van der Waals surface area contributed by atoms with E-state index in [2.05, 4.69) is 4.98 Å². The predicted octanol–water partition coefficient (Wildman–Crippen LogP) is 4.26. The Kier molecular flexibility index (Phi) is 5.68. The first-order chi connectivity index (χ1) is 13.8. The van der Waals surface area contributed by atoms with Gasteiger partial charge in [0.2, 0.25) is 5.89 Å². The number of nitrogens with zero attached hydrogens (tertiary/aromatic N) is 1. The van der Waals surface area contributed by atoms with Crippen molar-refractivity contribution in [1.82, 2.24) is 4.98 Å². The van der Waals surface area contributed by atoms with E-state index in [-0.39, 0.29) is 12.7 Å². The summed E-state index contributed by atoms with van der Waals surface area (Å²) < 4.78 is 22.2. The van der Waals surface area contributed by atoms with Gasteiger partial charge in [-0.15, -0.1) is 0 Å². The maximum absolute atomic E-state index is 12.3. The molecule has 2 heterocycles. The molecule has 0 spiro atoms. The van der Waals surface area contributed by atoms with Crippen LogP contribution >= 0.6 is 0 Å². The van der Waals surface area contributed by atoms with E-state index in [0.717, 1.165) is 25.0 Å². The molecule has 0 aliphatic carbocycles. The van der Waals surface area contributed by atoms with Gasteiger partial charge in [0.1, 0.15) is 12.4 Å². The van der Waals surface area contributed by atoms with E-state index in [1.807, 2.05) is 36.4 Å². The first-order valence-corrected chi connectivity index (χ1v) is 9.29. The van der Waals surface area contributed by atoms with Crippen molar-refractivity contribution < 1.29 is 23.4 Å². The molecule has 6 heteroatoms. The summed E-state index contributed by atoms with van der Waals surface area (Å²) in [5.74, 6) is 1.14. The van der Waals surface area contributed by atoms with Crippen LogP contribution in [0.4, 0.5) is 0 Å². The van der Waals surface area contributed by atoms with Crippen LogP contribution in [0.15, 0.2) is 65.2 Å². The monoisotopic (exact) mass is 379 g/mol. The molecule has 0 amide bonds. The Morgan fingerprint density at radius 1 is 1.14 bits per heavy atom. The quantitative estimate of drug-likeness (QED) is 0.572. The van der Waals surface area contributed by atoms with E-state index in [4.69, 9.17) is 18.6 Å². The minimum atomic E-state index is -0.456. The molecule has 1 aromatic heterocycles. The number of oxazole rings is 1. The van der Waals surface area contributed by atoms with Crippen molar-refractivity contribution in [2.75, 3.05) is 13.2 Å². The molecule has 1 atom stereocenters. The smallest absolute Gasteiger partial charge is 0.338 e. The van der Waals surface area contributed by atoms with Crippen LogP contribution < -0.4 is 4.74 Å². The number of carbonyl (C=O) groups excluding carboxylic acids is 1. The fourth-order valence-corrected chi connectivity index (χ4v) is 3.00.